The Balaban J connectivity index is 1.45. The van der Waals surface area contributed by atoms with Crippen LogP contribution in [0.2, 0.25) is 0 Å². The smallest absolute Gasteiger partial charge is 0.314 e. The van der Waals surface area contributed by atoms with E-state index in [0.717, 1.165) is 16.3 Å². The van der Waals surface area contributed by atoms with Gasteiger partial charge in [-0.3, -0.25) is 4.90 Å². The summed E-state index contributed by atoms with van der Waals surface area (Å²) in [5.74, 6) is 0. The molecule has 0 aromatic heterocycles. The normalized spacial score (nSPS) is 16.6. The first-order valence-electron chi connectivity index (χ1n) is 8.95. The number of nitrogens with zero attached hydrogens (tertiary/aromatic N) is 1. The SMILES string of the molecule is CC(CNC(=O)NCC(O)c1ccc2ccccc2c1)N(C)C1CC1. The first-order chi connectivity index (χ1) is 12.0. The molecule has 3 rings (SSSR count). The minimum Gasteiger partial charge on any atom is -0.387 e. The van der Waals surface area contributed by atoms with Gasteiger partial charge < -0.3 is 15.7 Å². The van der Waals surface area contributed by atoms with Crippen LogP contribution in [0.5, 0.6) is 0 Å². The molecule has 2 aromatic carbocycles. The Bertz CT molecular complexity index is 730. The number of aliphatic hydroxyl groups is 1. The average molecular weight is 341 g/mol. The predicted octanol–water partition coefficient (Wildman–Crippen LogP) is 2.66. The number of likely N-dealkylation sites (N-methyl/N-ethyl adjacent to an activating group) is 1. The lowest BCUT2D eigenvalue weighted by Gasteiger charge is -2.24. The second kappa shape index (κ2) is 7.85. The van der Waals surface area contributed by atoms with Crippen molar-refractivity contribution in [3.8, 4) is 0 Å². The fourth-order valence-corrected chi connectivity index (χ4v) is 3.01. The molecular formula is C20H27N3O2. The van der Waals surface area contributed by atoms with Crippen molar-refractivity contribution in [1.82, 2.24) is 15.5 Å². The van der Waals surface area contributed by atoms with Crippen LogP contribution < -0.4 is 10.6 Å². The Morgan fingerprint density at radius 1 is 1.16 bits per heavy atom. The van der Waals surface area contributed by atoms with E-state index in [1.165, 1.54) is 12.8 Å². The Labute approximate surface area is 149 Å². The molecule has 1 fully saturated rings. The first kappa shape index (κ1) is 17.7. The molecule has 2 amide bonds. The van der Waals surface area contributed by atoms with Crippen LogP contribution in [-0.4, -0.2) is 48.3 Å². The highest BCUT2D eigenvalue weighted by atomic mass is 16.3. The average Bonchev–Trinajstić information content (AvgIpc) is 3.48. The summed E-state index contributed by atoms with van der Waals surface area (Å²) in [6.45, 7) is 2.91. The molecular weight excluding hydrogens is 314 g/mol. The molecule has 2 unspecified atom stereocenters. The second-order valence-electron chi connectivity index (χ2n) is 6.96. The van der Waals surface area contributed by atoms with Gasteiger partial charge >= 0.3 is 6.03 Å². The van der Waals surface area contributed by atoms with Crippen molar-refractivity contribution in [3.05, 3.63) is 48.0 Å². The molecule has 0 spiro atoms. The summed E-state index contributed by atoms with van der Waals surface area (Å²) in [6, 6.07) is 14.6. The predicted molar refractivity (Wildman–Crippen MR) is 101 cm³/mol. The summed E-state index contributed by atoms with van der Waals surface area (Å²) in [5.41, 5.74) is 0.806. The Morgan fingerprint density at radius 2 is 1.84 bits per heavy atom. The summed E-state index contributed by atoms with van der Waals surface area (Å²) in [7, 11) is 2.10. The molecule has 5 heteroatoms. The van der Waals surface area contributed by atoms with E-state index in [4.69, 9.17) is 0 Å². The van der Waals surface area contributed by atoms with Gasteiger partial charge in [0.2, 0.25) is 0 Å². The Hall–Kier alpha value is -2.11. The van der Waals surface area contributed by atoms with Crippen LogP contribution in [-0.2, 0) is 0 Å². The summed E-state index contributed by atoms with van der Waals surface area (Å²) in [6.07, 6.45) is 1.79. The molecule has 0 aliphatic heterocycles. The molecule has 3 N–H and O–H groups in total. The molecule has 134 valence electrons. The van der Waals surface area contributed by atoms with Crippen LogP contribution in [0.1, 0.15) is 31.4 Å². The van der Waals surface area contributed by atoms with E-state index in [2.05, 4.69) is 29.5 Å². The maximum Gasteiger partial charge on any atom is 0.314 e. The van der Waals surface area contributed by atoms with Crippen molar-refractivity contribution in [2.24, 2.45) is 0 Å². The number of hydrogen-bond acceptors (Lipinski definition) is 3. The standard InChI is InChI=1S/C20H27N3O2/c1-14(23(2)18-9-10-18)12-21-20(25)22-13-19(24)17-8-7-15-5-3-4-6-16(15)11-17/h3-8,11,14,18-19,24H,9-10,12-13H2,1-2H3,(H2,21,22,25). The van der Waals surface area contributed by atoms with E-state index in [-0.39, 0.29) is 12.6 Å². The van der Waals surface area contributed by atoms with E-state index in [1.54, 1.807) is 0 Å². The third kappa shape index (κ3) is 4.71. The van der Waals surface area contributed by atoms with Gasteiger partial charge in [0.25, 0.3) is 0 Å². The van der Waals surface area contributed by atoms with Crippen LogP contribution in [0.25, 0.3) is 10.8 Å². The third-order valence-corrected chi connectivity index (χ3v) is 4.99. The zero-order chi connectivity index (χ0) is 17.8. The van der Waals surface area contributed by atoms with Crippen LogP contribution >= 0.6 is 0 Å². The number of fused-ring (bicyclic) bond motifs is 1. The minimum absolute atomic E-state index is 0.191. The molecule has 2 atom stereocenters. The summed E-state index contributed by atoms with van der Waals surface area (Å²) in [5, 5.41) is 18.2. The van der Waals surface area contributed by atoms with Gasteiger partial charge in [-0.2, -0.15) is 0 Å². The van der Waals surface area contributed by atoms with Gasteiger partial charge in [0.1, 0.15) is 0 Å². The molecule has 0 bridgehead atoms. The van der Waals surface area contributed by atoms with Crippen molar-refractivity contribution in [3.63, 3.8) is 0 Å². The summed E-state index contributed by atoms with van der Waals surface area (Å²) in [4.78, 5) is 14.3. The van der Waals surface area contributed by atoms with Gasteiger partial charge in [-0.25, -0.2) is 4.79 Å². The molecule has 0 saturated heterocycles. The lowest BCUT2D eigenvalue weighted by Crippen LogP contribution is -2.45. The second-order valence-corrected chi connectivity index (χ2v) is 6.96. The molecule has 0 heterocycles. The van der Waals surface area contributed by atoms with Gasteiger partial charge in [-0.05, 0) is 49.2 Å². The third-order valence-electron chi connectivity index (χ3n) is 4.99. The first-order valence-corrected chi connectivity index (χ1v) is 8.95. The quantitative estimate of drug-likeness (QED) is 0.725. The van der Waals surface area contributed by atoms with Crippen molar-refractivity contribution in [2.75, 3.05) is 20.1 Å². The summed E-state index contributed by atoms with van der Waals surface area (Å²) >= 11 is 0. The van der Waals surface area contributed by atoms with Crippen molar-refractivity contribution in [1.29, 1.82) is 0 Å². The number of carbonyl (C=O) groups excluding carboxylic acids is 1. The molecule has 1 aliphatic carbocycles. The highest BCUT2D eigenvalue weighted by Crippen LogP contribution is 2.26. The lowest BCUT2D eigenvalue weighted by molar-refractivity contribution is 0.172. The summed E-state index contributed by atoms with van der Waals surface area (Å²) < 4.78 is 0. The number of aliphatic hydroxyl groups excluding tert-OH is 1. The van der Waals surface area contributed by atoms with E-state index >= 15 is 0 Å². The monoisotopic (exact) mass is 341 g/mol. The number of urea groups is 1. The fourth-order valence-electron chi connectivity index (χ4n) is 3.01. The van der Waals surface area contributed by atoms with Crippen molar-refractivity contribution in [2.45, 2.75) is 38.0 Å². The molecule has 0 radical (unpaired) electrons. The fraction of sp³-hybridized carbons (Fsp3) is 0.450. The number of hydrogen-bond donors (Lipinski definition) is 3. The number of rotatable bonds is 7. The number of amides is 2. The molecule has 5 nitrogen and oxygen atoms in total. The maximum absolute atomic E-state index is 12.0. The topological polar surface area (TPSA) is 64.6 Å². The largest absolute Gasteiger partial charge is 0.387 e. The van der Waals surface area contributed by atoms with Crippen LogP contribution in [0, 0.1) is 0 Å². The van der Waals surface area contributed by atoms with E-state index in [9.17, 15) is 9.90 Å². The van der Waals surface area contributed by atoms with E-state index in [1.807, 2.05) is 42.5 Å². The van der Waals surface area contributed by atoms with Crippen LogP contribution in [0.15, 0.2) is 42.5 Å². The molecule has 25 heavy (non-hydrogen) atoms. The highest BCUT2D eigenvalue weighted by molar-refractivity contribution is 5.83. The van der Waals surface area contributed by atoms with Crippen LogP contribution in [0.3, 0.4) is 0 Å². The molecule has 1 saturated carbocycles. The van der Waals surface area contributed by atoms with E-state index in [0.29, 0.717) is 18.6 Å². The van der Waals surface area contributed by atoms with E-state index < -0.39 is 6.10 Å². The van der Waals surface area contributed by atoms with Gasteiger partial charge in [0, 0.05) is 25.2 Å². The highest BCUT2D eigenvalue weighted by Gasteiger charge is 2.29. The van der Waals surface area contributed by atoms with Gasteiger partial charge in [0.15, 0.2) is 0 Å². The van der Waals surface area contributed by atoms with Gasteiger partial charge in [-0.15, -0.1) is 0 Å². The molecule has 2 aromatic rings. The molecule has 1 aliphatic rings. The Kier molecular flexibility index (Phi) is 5.56. The zero-order valence-corrected chi connectivity index (χ0v) is 14.9. The van der Waals surface area contributed by atoms with Gasteiger partial charge in [-0.1, -0.05) is 36.4 Å². The number of nitrogens with one attached hydrogen (secondary N) is 2. The minimum atomic E-state index is -0.720. The number of benzene rings is 2. The van der Waals surface area contributed by atoms with Gasteiger partial charge in [0.05, 0.1) is 6.10 Å². The lowest BCUT2D eigenvalue weighted by atomic mass is 10.0. The van der Waals surface area contributed by atoms with Crippen LogP contribution in [0.4, 0.5) is 4.79 Å². The Morgan fingerprint density at radius 3 is 2.56 bits per heavy atom. The number of carbonyl (C=O) groups is 1. The maximum atomic E-state index is 12.0. The zero-order valence-electron chi connectivity index (χ0n) is 14.9. The van der Waals surface area contributed by atoms with Crippen molar-refractivity contribution >= 4 is 16.8 Å². The van der Waals surface area contributed by atoms with Crippen molar-refractivity contribution < 1.29 is 9.90 Å².